The number of pyridine rings is 1. The molecule has 1 rings (SSSR count). The molecule has 0 amide bonds. The molecule has 0 atom stereocenters. The molecule has 0 bridgehead atoms. The van der Waals surface area contributed by atoms with Crippen molar-refractivity contribution >= 4 is 35.0 Å². The summed E-state index contributed by atoms with van der Waals surface area (Å²) in [6, 6.07) is 1.94. The Labute approximate surface area is 117 Å². The van der Waals surface area contributed by atoms with Crippen molar-refractivity contribution in [3.63, 3.8) is 0 Å². The summed E-state index contributed by atoms with van der Waals surface area (Å²) in [5.74, 6) is 0.412. The number of ether oxygens (including phenoxy) is 2. The van der Waals surface area contributed by atoms with Crippen molar-refractivity contribution in [1.82, 2.24) is 4.98 Å². The van der Waals surface area contributed by atoms with Gasteiger partial charge in [-0.15, -0.1) is 0 Å². The van der Waals surface area contributed by atoms with Crippen molar-refractivity contribution in [1.29, 1.82) is 0 Å². The van der Waals surface area contributed by atoms with E-state index in [1.807, 2.05) is 6.07 Å². The number of carbonyl (C=O) groups is 1. The van der Waals surface area contributed by atoms with Crippen LogP contribution in [0.25, 0.3) is 0 Å². The highest BCUT2D eigenvalue weighted by atomic mass is 79.9. The first kappa shape index (κ1) is 15.3. The van der Waals surface area contributed by atoms with E-state index in [4.69, 9.17) is 9.47 Å². The third-order valence-electron chi connectivity index (χ3n) is 2.49. The van der Waals surface area contributed by atoms with Gasteiger partial charge in [0.2, 0.25) is 5.78 Å². The molecular weight excluding hydrogens is 314 g/mol. The van der Waals surface area contributed by atoms with Crippen molar-refractivity contribution < 1.29 is 14.3 Å². The van der Waals surface area contributed by atoms with Crippen LogP contribution in [0.5, 0.6) is 5.75 Å². The molecule has 0 saturated heterocycles. The predicted molar refractivity (Wildman–Crippen MR) is 77.7 cm³/mol. The second-order valence-corrected chi connectivity index (χ2v) is 10.8. The second kappa shape index (κ2) is 5.95. The summed E-state index contributed by atoms with van der Waals surface area (Å²) in [4.78, 5) is 16.2. The lowest BCUT2D eigenvalue weighted by Gasteiger charge is -2.21. The monoisotopic (exact) mass is 331 g/mol. The highest BCUT2D eigenvalue weighted by Gasteiger charge is 2.27. The highest BCUT2D eigenvalue weighted by molar-refractivity contribution is 9.10. The van der Waals surface area contributed by atoms with Gasteiger partial charge < -0.3 is 9.47 Å². The van der Waals surface area contributed by atoms with Crippen LogP contribution in [0.15, 0.2) is 10.7 Å². The number of ketones is 1. The lowest BCUT2D eigenvalue weighted by atomic mass is 10.2. The minimum atomic E-state index is -1.62. The van der Waals surface area contributed by atoms with Crippen molar-refractivity contribution in [2.75, 3.05) is 20.8 Å². The predicted octanol–water partition coefficient (Wildman–Crippen LogP) is 2.23. The van der Waals surface area contributed by atoms with E-state index in [9.17, 15) is 4.79 Å². The number of Topliss-reactive ketones (excluding diaryl/α,β-unsaturated/α-hetero) is 1. The van der Waals surface area contributed by atoms with Crippen molar-refractivity contribution in [2.45, 2.75) is 19.6 Å². The largest absolute Gasteiger partial charge is 0.494 e. The molecule has 0 aliphatic carbocycles. The molecule has 0 aliphatic rings. The lowest BCUT2D eigenvalue weighted by Crippen LogP contribution is -2.40. The molecular formula is C12H18BrNO3Si. The van der Waals surface area contributed by atoms with Gasteiger partial charge in [0, 0.05) is 7.11 Å². The van der Waals surface area contributed by atoms with Crippen LogP contribution in [-0.4, -0.2) is 39.7 Å². The molecule has 0 aromatic carbocycles. The Morgan fingerprint density at radius 2 is 2.00 bits per heavy atom. The van der Waals surface area contributed by atoms with E-state index >= 15 is 0 Å². The van der Waals surface area contributed by atoms with Crippen molar-refractivity contribution in [2.24, 2.45) is 0 Å². The molecule has 18 heavy (non-hydrogen) atoms. The number of rotatable bonds is 5. The smallest absolute Gasteiger partial charge is 0.210 e. The molecule has 0 unspecified atom stereocenters. The number of aromatic nitrogens is 1. The van der Waals surface area contributed by atoms with Crippen LogP contribution in [0.2, 0.25) is 19.6 Å². The topological polar surface area (TPSA) is 48.4 Å². The van der Waals surface area contributed by atoms with Gasteiger partial charge in [0.25, 0.3) is 0 Å². The summed E-state index contributed by atoms with van der Waals surface area (Å²) in [7, 11) is 1.44. The average molecular weight is 332 g/mol. The number of nitrogens with zero attached hydrogens (tertiary/aromatic N) is 1. The normalized spacial score (nSPS) is 11.4. The number of methoxy groups -OCH3 is 2. The molecule has 6 heteroatoms. The maximum atomic E-state index is 12.0. The Bertz CT molecular complexity index is 457. The molecule has 0 N–H and O–H groups in total. The van der Waals surface area contributed by atoms with Crippen LogP contribution in [0.3, 0.4) is 0 Å². The summed E-state index contributed by atoms with van der Waals surface area (Å²) in [5.41, 5.74) is 0.339. The Hall–Kier alpha value is -0.723. The van der Waals surface area contributed by atoms with Crippen molar-refractivity contribution in [3.8, 4) is 5.75 Å². The second-order valence-electron chi connectivity index (χ2n) is 4.98. The van der Waals surface area contributed by atoms with Gasteiger partial charge in [-0.3, -0.25) is 4.79 Å². The lowest BCUT2D eigenvalue weighted by molar-refractivity contribution is 0.0839. The van der Waals surface area contributed by atoms with Gasteiger partial charge >= 0.3 is 0 Å². The van der Waals surface area contributed by atoms with Gasteiger partial charge in [0.1, 0.15) is 17.0 Å². The van der Waals surface area contributed by atoms with Crippen LogP contribution in [-0.2, 0) is 4.74 Å². The van der Waals surface area contributed by atoms with Gasteiger partial charge in [0.15, 0.2) is 5.69 Å². The molecule has 0 radical (unpaired) electrons. The molecule has 100 valence electrons. The first-order chi connectivity index (χ1) is 8.31. The van der Waals surface area contributed by atoms with E-state index in [2.05, 4.69) is 40.6 Å². The summed E-state index contributed by atoms with van der Waals surface area (Å²) in [5, 5.41) is 1.08. The summed E-state index contributed by atoms with van der Waals surface area (Å²) < 4.78 is 10.9. The van der Waals surface area contributed by atoms with Gasteiger partial charge in [-0.25, -0.2) is 4.98 Å². The summed E-state index contributed by atoms with van der Waals surface area (Å²) >= 11 is 3.35. The molecule has 4 nitrogen and oxygen atoms in total. The fraction of sp³-hybridized carbons (Fsp3) is 0.500. The van der Waals surface area contributed by atoms with E-state index in [-0.39, 0.29) is 12.4 Å². The van der Waals surface area contributed by atoms with Crippen LogP contribution in [0.1, 0.15) is 10.5 Å². The standard InChI is InChI=1S/C12H18BrNO3Si/c1-16-7-8(15)11-12(17-2)9(18(3,4)5)6-10(13)14-11/h6H,7H2,1-5H3. The SMILES string of the molecule is COCC(=O)c1nc(Br)cc([Si](C)(C)C)c1OC. The highest BCUT2D eigenvalue weighted by Crippen LogP contribution is 2.22. The quantitative estimate of drug-likeness (QED) is 0.471. The Morgan fingerprint density at radius 1 is 1.39 bits per heavy atom. The molecule has 0 saturated carbocycles. The third kappa shape index (κ3) is 3.40. The molecule has 1 aromatic heterocycles. The first-order valence-corrected chi connectivity index (χ1v) is 9.87. The average Bonchev–Trinajstić information content (AvgIpc) is 2.27. The Morgan fingerprint density at radius 3 is 2.44 bits per heavy atom. The van der Waals surface area contributed by atoms with Crippen LogP contribution in [0.4, 0.5) is 0 Å². The molecule has 0 fully saturated rings. The maximum Gasteiger partial charge on any atom is 0.210 e. The van der Waals surface area contributed by atoms with E-state index < -0.39 is 8.07 Å². The zero-order valence-electron chi connectivity index (χ0n) is 11.3. The fourth-order valence-corrected chi connectivity index (χ4v) is 3.74. The van der Waals surface area contributed by atoms with E-state index in [0.29, 0.717) is 16.0 Å². The number of hydrogen-bond donors (Lipinski definition) is 0. The third-order valence-corrected chi connectivity index (χ3v) is 4.89. The van der Waals surface area contributed by atoms with E-state index in [1.165, 1.54) is 7.11 Å². The van der Waals surface area contributed by atoms with Gasteiger partial charge in [-0.2, -0.15) is 0 Å². The molecule has 1 aromatic rings. The zero-order chi connectivity index (χ0) is 13.9. The Kier molecular flexibility index (Phi) is 5.07. The van der Waals surface area contributed by atoms with Gasteiger partial charge in [-0.1, -0.05) is 19.6 Å². The Balaban J connectivity index is 3.43. The van der Waals surface area contributed by atoms with E-state index in [0.717, 1.165) is 5.19 Å². The summed E-state index contributed by atoms with van der Waals surface area (Å²) in [6.07, 6.45) is 0. The number of hydrogen-bond acceptors (Lipinski definition) is 4. The van der Waals surface area contributed by atoms with E-state index in [1.54, 1.807) is 7.11 Å². The van der Waals surface area contributed by atoms with Crippen LogP contribution in [0, 0.1) is 0 Å². The molecule has 1 heterocycles. The first-order valence-electron chi connectivity index (χ1n) is 5.58. The molecule has 0 spiro atoms. The maximum absolute atomic E-state index is 12.0. The van der Waals surface area contributed by atoms with Gasteiger partial charge in [0.05, 0.1) is 15.2 Å². The number of halogens is 1. The summed E-state index contributed by atoms with van der Waals surface area (Å²) in [6.45, 7) is 6.59. The zero-order valence-corrected chi connectivity index (χ0v) is 13.9. The minimum absolute atomic E-state index is 0.00491. The molecule has 0 aliphatic heterocycles. The van der Waals surface area contributed by atoms with Gasteiger partial charge in [-0.05, 0) is 27.2 Å². The fourth-order valence-electron chi connectivity index (χ4n) is 1.65. The number of carbonyl (C=O) groups excluding carboxylic acids is 1. The van der Waals surface area contributed by atoms with Crippen LogP contribution >= 0.6 is 15.9 Å². The van der Waals surface area contributed by atoms with Crippen LogP contribution < -0.4 is 9.92 Å². The minimum Gasteiger partial charge on any atom is -0.494 e. The van der Waals surface area contributed by atoms with Crippen molar-refractivity contribution in [3.05, 3.63) is 16.4 Å².